The molecule has 0 aliphatic rings. The molecule has 166 valence electrons. The first-order valence-corrected chi connectivity index (χ1v) is 10.8. The molecule has 0 spiro atoms. The highest BCUT2D eigenvalue weighted by Gasteiger charge is 1.88. The third-order valence-corrected chi connectivity index (χ3v) is 4.87. The van der Waals surface area contributed by atoms with Gasteiger partial charge in [-0.3, -0.25) is 9.97 Å². The fourth-order valence-corrected chi connectivity index (χ4v) is 3.21. The van der Waals surface area contributed by atoms with Crippen LogP contribution in [0.25, 0.3) is 32.6 Å². The molecule has 5 nitrogen and oxygen atoms in total. The number of hydrogen-bond donors (Lipinski definition) is 1. The largest absolute Gasteiger partial charge is 0.452 e. The maximum Gasteiger partial charge on any atom is 0.180 e. The molecule has 34 heavy (non-hydrogen) atoms. The summed E-state index contributed by atoms with van der Waals surface area (Å²) in [6.07, 6.45) is 11.9. The molecule has 4 heterocycles. The molecule has 0 aliphatic carbocycles. The number of oxazole rings is 1. The third-order valence-electron chi connectivity index (χ3n) is 4.87. The van der Waals surface area contributed by atoms with Crippen molar-refractivity contribution >= 4 is 32.6 Å². The first-order chi connectivity index (χ1) is 16.9. The van der Waals surface area contributed by atoms with E-state index in [9.17, 15) is 0 Å². The minimum Gasteiger partial charge on any atom is -0.452 e. The van der Waals surface area contributed by atoms with E-state index in [0.29, 0.717) is 0 Å². The molecule has 0 saturated heterocycles. The number of nitrogens with zero attached hydrogens (tertiary/aromatic N) is 3. The number of aromatic nitrogens is 4. The van der Waals surface area contributed by atoms with Crippen molar-refractivity contribution in [3.63, 3.8) is 0 Å². The smallest absolute Gasteiger partial charge is 0.180 e. The van der Waals surface area contributed by atoms with E-state index in [0.717, 1.165) is 5.52 Å². The quantitative estimate of drug-likeness (QED) is 0.266. The highest BCUT2D eigenvalue weighted by atomic mass is 16.3. The molecule has 0 saturated carbocycles. The van der Waals surface area contributed by atoms with E-state index >= 15 is 0 Å². The normalized spacial score (nSPS) is 9.76. The summed E-state index contributed by atoms with van der Waals surface area (Å²) in [5.74, 6) is 0. The summed E-state index contributed by atoms with van der Waals surface area (Å²) in [5, 5.41) is 4.92. The average molecular weight is 445 g/mol. The Morgan fingerprint density at radius 3 is 2.00 bits per heavy atom. The first kappa shape index (κ1) is 22.4. The van der Waals surface area contributed by atoms with Crippen LogP contribution in [0, 0.1) is 0 Å². The molecule has 0 aliphatic heterocycles. The molecule has 7 rings (SSSR count). The minimum atomic E-state index is 1.06. The topological polar surface area (TPSA) is 67.6 Å². The van der Waals surface area contributed by atoms with Crippen molar-refractivity contribution < 1.29 is 4.42 Å². The lowest BCUT2D eigenvalue weighted by atomic mass is 10.2. The van der Waals surface area contributed by atoms with Crippen LogP contribution in [0.2, 0.25) is 0 Å². The van der Waals surface area contributed by atoms with E-state index < -0.39 is 0 Å². The number of aromatic amines is 1. The SMILES string of the molecule is c1ccc2[nH]ccc2c1.c1ccc2cnccc2c1.c1ccc2ncccc2c1.c1cocn1. The number of fused-ring (bicyclic) bond motifs is 3. The molecule has 7 aromatic rings. The summed E-state index contributed by atoms with van der Waals surface area (Å²) in [6, 6.07) is 32.6. The van der Waals surface area contributed by atoms with Crippen LogP contribution >= 0.6 is 0 Å². The molecule has 0 bridgehead atoms. The van der Waals surface area contributed by atoms with Crippen molar-refractivity contribution in [3.05, 3.63) is 141 Å². The highest BCUT2D eigenvalue weighted by Crippen LogP contribution is 2.10. The number of para-hydroxylation sites is 2. The molecule has 0 atom stereocenters. The Morgan fingerprint density at radius 1 is 0.559 bits per heavy atom. The number of rotatable bonds is 0. The van der Waals surface area contributed by atoms with Crippen LogP contribution in [0.4, 0.5) is 0 Å². The van der Waals surface area contributed by atoms with Gasteiger partial charge in [-0.2, -0.15) is 0 Å². The Hall–Kier alpha value is -4.77. The van der Waals surface area contributed by atoms with Crippen LogP contribution in [0.15, 0.2) is 145 Å². The summed E-state index contributed by atoms with van der Waals surface area (Å²) in [6.45, 7) is 0. The van der Waals surface area contributed by atoms with E-state index in [1.54, 1.807) is 6.20 Å². The summed E-state index contributed by atoms with van der Waals surface area (Å²) >= 11 is 0. The van der Waals surface area contributed by atoms with Crippen molar-refractivity contribution in [2.75, 3.05) is 0 Å². The number of nitrogens with one attached hydrogen (secondary N) is 1. The molecule has 0 fully saturated rings. The molecular weight excluding hydrogens is 420 g/mol. The van der Waals surface area contributed by atoms with Crippen molar-refractivity contribution in [2.45, 2.75) is 0 Å². The van der Waals surface area contributed by atoms with Crippen LogP contribution in [-0.2, 0) is 0 Å². The second-order valence-electron chi connectivity index (χ2n) is 7.16. The van der Waals surface area contributed by atoms with Crippen LogP contribution < -0.4 is 0 Å². The second kappa shape index (κ2) is 12.3. The number of benzene rings is 3. The highest BCUT2D eigenvalue weighted by molar-refractivity contribution is 5.81. The fourth-order valence-electron chi connectivity index (χ4n) is 3.21. The predicted octanol–water partition coefficient (Wildman–Crippen LogP) is 7.31. The monoisotopic (exact) mass is 444 g/mol. The van der Waals surface area contributed by atoms with Gasteiger partial charge < -0.3 is 9.40 Å². The zero-order valence-electron chi connectivity index (χ0n) is 18.5. The van der Waals surface area contributed by atoms with Gasteiger partial charge in [0.1, 0.15) is 6.26 Å². The maximum absolute atomic E-state index is 4.47. The lowest BCUT2D eigenvalue weighted by molar-refractivity contribution is 0.558. The lowest BCUT2D eigenvalue weighted by Crippen LogP contribution is -1.73. The van der Waals surface area contributed by atoms with Crippen molar-refractivity contribution in [1.82, 2.24) is 19.9 Å². The molecule has 0 unspecified atom stereocenters. The predicted molar refractivity (Wildman–Crippen MR) is 138 cm³/mol. The van der Waals surface area contributed by atoms with E-state index in [1.165, 1.54) is 39.7 Å². The molecule has 0 radical (unpaired) electrons. The van der Waals surface area contributed by atoms with Gasteiger partial charge in [0.05, 0.1) is 11.7 Å². The van der Waals surface area contributed by atoms with Gasteiger partial charge in [0.25, 0.3) is 0 Å². The Morgan fingerprint density at radius 2 is 1.29 bits per heavy atom. The Balaban J connectivity index is 0.000000110. The van der Waals surface area contributed by atoms with E-state index in [1.807, 2.05) is 79.4 Å². The van der Waals surface area contributed by atoms with Crippen molar-refractivity contribution in [2.24, 2.45) is 0 Å². The van der Waals surface area contributed by atoms with Gasteiger partial charge in [-0.05, 0) is 46.5 Å². The van der Waals surface area contributed by atoms with E-state index in [4.69, 9.17) is 0 Å². The number of hydrogen-bond acceptors (Lipinski definition) is 4. The van der Waals surface area contributed by atoms with Crippen LogP contribution in [-0.4, -0.2) is 19.9 Å². The molecule has 5 heteroatoms. The Labute approximate surface area is 197 Å². The van der Waals surface area contributed by atoms with Crippen molar-refractivity contribution in [1.29, 1.82) is 0 Å². The molecule has 0 amide bonds. The zero-order valence-corrected chi connectivity index (χ0v) is 18.5. The fraction of sp³-hybridized carbons (Fsp3) is 0. The summed E-state index contributed by atoms with van der Waals surface area (Å²) in [5.41, 5.74) is 2.27. The van der Waals surface area contributed by atoms with Gasteiger partial charge in [0.15, 0.2) is 6.39 Å². The van der Waals surface area contributed by atoms with Gasteiger partial charge in [0, 0.05) is 35.7 Å². The van der Waals surface area contributed by atoms with Gasteiger partial charge in [-0.15, -0.1) is 0 Å². The van der Waals surface area contributed by atoms with Gasteiger partial charge in [-0.25, -0.2) is 4.98 Å². The third kappa shape index (κ3) is 6.61. The zero-order chi connectivity index (χ0) is 23.3. The Kier molecular flexibility index (Phi) is 8.12. The summed E-state index contributed by atoms with van der Waals surface area (Å²) in [7, 11) is 0. The van der Waals surface area contributed by atoms with Crippen LogP contribution in [0.5, 0.6) is 0 Å². The molecular formula is C29H24N4O. The number of pyridine rings is 2. The average Bonchev–Trinajstić information content (AvgIpc) is 3.65. The summed E-state index contributed by atoms with van der Waals surface area (Å²) in [4.78, 5) is 14.9. The Bertz CT molecular complexity index is 1270. The number of H-pyrrole nitrogens is 1. The molecule has 3 aromatic carbocycles. The maximum atomic E-state index is 4.47. The second-order valence-corrected chi connectivity index (χ2v) is 7.16. The van der Waals surface area contributed by atoms with E-state index in [-0.39, 0.29) is 0 Å². The minimum absolute atomic E-state index is 1.06. The standard InChI is InChI=1S/2C9H7N.C8H7N.C3H3NO/c1-2-6-9-8(4-1)5-3-7-10-9;1-2-4-9-7-10-6-5-8(9)3-1;1-2-4-8-7(3-1)5-6-9-8;1-2-5-3-4-1/h2*1-7H;1-6,9H;1-3H. The van der Waals surface area contributed by atoms with Crippen LogP contribution in [0.1, 0.15) is 0 Å². The van der Waals surface area contributed by atoms with Gasteiger partial charge in [-0.1, -0.05) is 66.7 Å². The van der Waals surface area contributed by atoms with E-state index in [2.05, 4.69) is 66.8 Å². The first-order valence-electron chi connectivity index (χ1n) is 10.8. The van der Waals surface area contributed by atoms with Gasteiger partial charge >= 0.3 is 0 Å². The molecule has 4 aromatic heterocycles. The van der Waals surface area contributed by atoms with Crippen LogP contribution in [0.3, 0.4) is 0 Å². The lowest BCUT2D eigenvalue weighted by Gasteiger charge is -1.91. The summed E-state index contributed by atoms with van der Waals surface area (Å²) < 4.78 is 4.47. The van der Waals surface area contributed by atoms with Gasteiger partial charge in [0.2, 0.25) is 0 Å². The van der Waals surface area contributed by atoms with Crippen molar-refractivity contribution in [3.8, 4) is 0 Å². The molecule has 1 N–H and O–H groups in total.